The Bertz CT molecular complexity index is 913. The molecule has 25 heavy (non-hydrogen) atoms. The smallest absolute Gasteiger partial charge is 0.338 e. The van der Waals surface area contributed by atoms with Crippen molar-refractivity contribution in [1.29, 1.82) is 0 Å². The molecule has 0 unspecified atom stereocenters. The van der Waals surface area contributed by atoms with Crippen LogP contribution in [0.5, 0.6) is 0 Å². The number of aryl methyl sites for hydroxylation is 2. The van der Waals surface area contributed by atoms with E-state index in [1.165, 1.54) is 49.7 Å². The van der Waals surface area contributed by atoms with Gasteiger partial charge in [-0.2, -0.15) is 0 Å². The minimum absolute atomic E-state index is 0.0115. The maximum absolute atomic E-state index is 12.2. The highest BCUT2D eigenvalue weighted by Gasteiger charge is 2.20. The van der Waals surface area contributed by atoms with Crippen molar-refractivity contribution in [3.63, 3.8) is 0 Å². The second-order valence-corrected chi connectivity index (χ2v) is 9.25. The van der Waals surface area contributed by atoms with Crippen LogP contribution in [0.2, 0.25) is 0 Å². The summed E-state index contributed by atoms with van der Waals surface area (Å²) < 4.78 is 30.3. The fraction of sp³-hybridized carbons (Fsp3) is 0.294. The van der Waals surface area contributed by atoms with Crippen molar-refractivity contribution in [2.24, 2.45) is 0 Å². The first-order valence-electron chi connectivity index (χ1n) is 7.43. The molecule has 0 bridgehead atoms. The van der Waals surface area contributed by atoms with Crippen LogP contribution in [0.15, 0.2) is 35.2 Å². The quantitative estimate of drug-likeness (QED) is 0.568. The molecule has 134 valence electrons. The SMILES string of the molecule is Cc1cc(C(=O)COC(=O)c2cccc(S(=O)(=O)N(C)C)c2)c(C)s1. The van der Waals surface area contributed by atoms with Gasteiger partial charge in [-0.25, -0.2) is 17.5 Å². The summed E-state index contributed by atoms with van der Waals surface area (Å²) in [4.78, 5) is 26.2. The molecule has 0 aliphatic heterocycles. The van der Waals surface area contributed by atoms with Crippen LogP contribution in [-0.4, -0.2) is 45.2 Å². The molecule has 0 saturated carbocycles. The highest BCUT2D eigenvalue weighted by Crippen LogP contribution is 2.21. The molecule has 0 amide bonds. The number of hydrogen-bond acceptors (Lipinski definition) is 6. The normalized spacial score (nSPS) is 11.6. The second-order valence-electron chi connectivity index (χ2n) is 5.64. The minimum Gasteiger partial charge on any atom is -0.454 e. The van der Waals surface area contributed by atoms with Crippen molar-refractivity contribution in [1.82, 2.24) is 4.31 Å². The van der Waals surface area contributed by atoms with Gasteiger partial charge in [-0.05, 0) is 38.1 Å². The first-order chi connectivity index (χ1) is 11.6. The number of ether oxygens (including phenoxy) is 1. The molecule has 1 aromatic heterocycles. The standard InChI is InChI=1S/C17H19NO5S2/c1-11-8-15(12(2)24-11)16(19)10-23-17(20)13-6-5-7-14(9-13)25(21,22)18(3)4/h5-9H,10H2,1-4H3. The van der Waals surface area contributed by atoms with Crippen LogP contribution < -0.4 is 0 Å². The predicted molar refractivity (Wildman–Crippen MR) is 95.7 cm³/mol. The van der Waals surface area contributed by atoms with Gasteiger partial charge in [0.2, 0.25) is 15.8 Å². The lowest BCUT2D eigenvalue weighted by Gasteiger charge is -2.12. The van der Waals surface area contributed by atoms with Gasteiger partial charge in [-0.3, -0.25) is 4.79 Å². The van der Waals surface area contributed by atoms with Crippen molar-refractivity contribution < 1.29 is 22.7 Å². The van der Waals surface area contributed by atoms with Gasteiger partial charge in [0.1, 0.15) is 0 Å². The molecule has 0 fully saturated rings. The number of sulfonamides is 1. The summed E-state index contributed by atoms with van der Waals surface area (Å²) in [5.41, 5.74) is 0.619. The predicted octanol–water partition coefficient (Wildman–Crippen LogP) is 2.65. The van der Waals surface area contributed by atoms with Crippen LogP contribution in [-0.2, 0) is 14.8 Å². The summed E-state index contributed by atoms with van der Waals surface area (Å²) in [7, 11) is -0.836. The molecule has 1 aromatic carbocycles. The van der Waals surface area contributed by atoms with Gasteiger partial charge in [-0.15, -0.1) is 11.3 Å². The maximum Gasteiger partial charge on any atom is 0.338 e. The third-order valence-corrected chi connectivity index (χ3v) is 6.30. The average molecular weight is 381 g/mol. The van der Waals surface area contributed by atoms with Gasteiger partial charge < -0.3 is 4.74 Å². The summed E-state index contributed by atoms with van der Waals surface area (Å²) in [6, 6.07) is 7.31. The number of Topliss-reactive ketones (excluding diaryl/α,β-unsaturated/α-hetero) is 1. The Kier molecular flexibility index (Phi) is 5.76. The molecule has 6 nitrogen and oxygen atoms in total. The number of nitrogens with zero attached hydrogens (tertiary/aromatic N) is 1. The topological polar surface area (TPSA) is 80.8 Å². The Morgan fingerprint density at radius 2 is 1.84 bits per heavy atom. The van der Waals surface area contributed by atoms with Gasteiger partial charge in [0.05, 0.1) is 10.5 Å². The number of esters is 1. The summed E-state index contributed by atoms with van der Waals surface area (Å²) in [6.45, 7) is 3.35. The summed E-state index contributed by atoms with van der Waals surface area (Å²) in [6.07, 6.45) is 0. The van der Waals surface area contributed by atoms with Crippen molar-refractivity contribution in [3.8, 4) is 0 Å². The van der Waals surface area contributed by atoms with Crippen LogP contribution >= 0.6 is 11.3 Å². The van der Waals surface area contributed by atoms with E-state index in [1.54, 1.807) is 6.07 Å². The molecule has 8 heteroatoms. The van der Waals surface area contributed by atoms with E-state index in [2.05, 4.69) is 0 Å². The van der Waals surface area contributed by atoms with Crippen molar-refractivity contribution in [3.05, 3.63) is 51.2 Å². The van der Waals surface area contributed by atoms with Crippen LogP contribution in [0.25, 0.3) is 0 Å². The monoisotopic (exact) mass is 381 g/mol. The number of carbonyl (C=O) groups is 2. The van der Waals surface area contributed by atoms with Crippen LogP contribution in [0.3, 0.4) is 0 Å². The van der Waals surface area contributed by atoms with Crippen molar-refractivity contribution in [2.45, 2.75) is 18.7 Å². The number of hydrogen-bond donors (Lipinski definition) is 0. The molecule has 0 saturated heterocycles. The molecule has 0 radical (unpaired) electrons. The van der Waals surface area contributed by atoms with Gasteiger partial charge in [-0.1, -0.05) is 6.07 Å². The van der Waals surface area contributed by atoms with E-state index in [9.17, 15) is 18.0 Å². The number of rotatable bonds is 6. The Labute approximate surface area is 151 Å². The minimum atomic E-state index is -3.65. The first kappa shape index (κ1) is 19.3. The first-order valence-corrected chi connectivity index (χ1v) is 9.68. The molecule has 2 aromatic rings. The highest BCUT2D eigenvalue weighted by molar-refractivity contribution is 7.89. The largest absolute Gasteiger partial charge is 0.454 e. The van der Waals surface area contributed by atoms with Gasteiger partial charge >= 0.3 is 5.97 Å². The Morgan fingerprint density at radius 1 is 1.16 bits per heavy atom. The lowest BCUT2D eigenvalue weighted by molar-refractivity contribution is 0.0474. The van der Waals surface area contributed by atoms with E-state index < -0.39 is 16.0 Å². The molecule has 0 spiro atoms. The van der Waals surface area contributed by atoms with Crippen LogP contribution in [0.1, 0.15) is 30.5 Å². The maximum atomic E-state index is 12.2. The van der Waals surface area contributed by atoms with E-state index >= 15 is 0 Å². The zero-order chi connectivity index (χ0) is 18.8. The van der Waals surface area contributed by atoms with E-state index in [0.29, 0.717) is 5.56 Å². The van der Waals surface area contributed by atoms with Gasteiger partial charge in [0.15, 0.2) is 6.61 Å². The zero-order valence-electron chi connectivity index (χ0n) is 14.4. The Balaban J connectivity index is 2.12. The van der Waals surface area contributed by atoms with E-state index in [1.807, 2.05) is 13.8 Å². The van der Waals surface area contributed by atoms with E-state index in [4.69, 9.17) is 4.74 Å². The number of carbonyl (C=O) groups excluding carboxylic acids is 2. The molecular weight excluding hydrogens is 362 g/mol. The molecule has 1 heterocycles. The molecule has 0 atom stereocenters. The number of benzene rings is 1. The molecule has 2 rings (SSSR count). The molecular formula is C17H19NO5S2. The van der Waals surface area contributed by atoms with Crippen molar-refractivity contribution >= 4 is 33.1 Å². The van der Waals surface area contributed by atoms with Crippen LogP contribution in [0.4, 0.5) is 0 Å². The fourth-order valence-corrected chi connectivity index (χ4v) is 4.08. The van der Waals surface area contributed by atoms with E-state index in [0.717, 1.165) is 14.1 Å². The zero-order valence-corrected chi connectivity index (χ0v) is 16.0. The average Bonchev–Trinajstić information content (AvgIpc) is 2.90. The van der Waals surface area contributed by atoms with Gasteiger partial charge in [0.25, 0.3) is 0 Å². The van der Waals surface area contributed by atoms with Crippen LogP contribution in [0, 0.1) is 13.8 Å². The second kappa shape index (κ2) is 7.47. The lowest BCUT2D eigenvalue weighted by atomic mass is 10.2. The Morgan fingerprint density at radius 3 is 2.40 bits per heavy atom. The number of thiophene rings is 1. The molecule has 0 aliphatic carbocycles. The highest BCUT2D eigenvalue weighted by atomic mass is 32.2. The fourth-order valence-electron chi connectivity index (χ4n) is 2.19. The third kappa shape index (κ3) is 4.33. The Hall–Kier alpha value is -2.03. The lowest BCUT2D eigenvalue weighted by Crippen LogP contribution is -2.22. The van der Waals surface area contributed by atoms with Gasteiger partial charge in [0, 0.05) is 29.4 Å². The third-order valence-electron chi connectivity index (χ3n) is 3.52. The summed E-state index contributed by atoms with van der Waals surface area (Å²) >= 11 is 1.50. The molecule has 0 aliphatic rings. The summed E-state index contributed by atoms with van der Waals surface area (Å²) in [5, 5.41) is 0. The molecule has 0 N–H and O–H groups in total. The van der Waals surface area contributed by atoms with E-state index in [-0.39, 0.29) is 22.8 Å². The number of ketones is 1. The summed E-state index contributed by atoms with van der Waals surface area (Å²) in [5.74, 6) is -1.03. The van der Waals surface area contributed by atoms with Crippen molar-refractivity contribution in [2.75, 3.05) is 20.7 Å².